The highest BCUT2D eigenvalue weighted by Gasteiger charge is 2.30. The molecule has 0 unspecified atom stereocenters. The molecule has 1 N–H and O–H groups in total. The van der Waals surface area contributed by atoms with E-state index in [1.165, 1.54) is 29.2 Å². The standard InChI is InChI=1S/C23H30FN3O4S/c1-5-19-9-7-8-10-21(19)27(32(4,30)31)16-22(28)26(17(3)23(29)25-6-2)15-18-11-13-20(24)14-12-18/h7-14,17H,5-6,15-16H2,1-4H3,(H,25,29)/t17-/m1/s1. The van der Waals surface area contributed by atoms with Crippen LogP contribution in [0.3, 0.4) is 0 Å². The van der Waals surface area contributed by atoms with E-state index >= 15 is 0 Å². The van der Waals surface area contributed by atoms with E-state index in [-0.39, 0.29) is 12.5 Å². The summed E-state index contributed by atoms with van der Waals surface area (Å²) in [5, 5.41) is 2.68. The molecule has 2 aromatic carbocycles. The summed E-state index contributed by atoms with van der Waals surface area (Å²) in [5.74, 6) is -1.31. The van der Waals surface area contributed by atoms with Gasteiger partial charge in [0.2, 0.25) is 21.8 Å². The third-order valence-corrected chi connectivity index (χ3v) is 6.23. The molecule has 2 rings (SSSR count). The molecule has 0 heterocycles. The Kier molecular flexibility index (Phi) is 8.77. The Morgan fingerprint density at radius 1 is 1.06 bits per heavy atom. The minimum atomic E-state index is -3.78. The van der Waals surface area contributed by atoms with Gasteiger partial charge in [-0.25, -0.2) is 12.8 Å². The maximum atomic E-state index is 13.4. The maximum Gasteiger partial charge on any atom is 0.244 e. The van der Waals surface area contributed by atoms with Crippen LogP contribution in [0.5, 0.6) is 0 Å². The van der Waals surface area contributed by atoms with Crippen molar-refractivity contribution in [2.45, 2.75) is 39.8 Å². The van der Waals surface area contributed by atoms with E-state index in [4.69, 9.17) is 0 Å². The van der Waals surface area contributed by atoms with Crippen LogP contribution in [-0.4, -0.2) is 50.5 Å². The summed E-state index contributed by atoms with van der Waals surface area (Å²) in [6.07, 6.45) is 1.63. The molecular weight excluding hydrogens is 433 g/mol. The number of benzene rings is 2. The minimum absolute atomic E-state index is 0.0322. The van der Waals surface area contributed by atoms with Gasteiger partial charge in [0.05, 0.1) is 11.9 Å². The van der Waals surface area contributed by atoms with Gasteiger partial charge in [0.25, 0.3) is 0 Å². The topological polar surface area (TPSA) is 86.8 Å². The second-order valence-corrected chi connectivity index (χ2v) is 9.38. The zero-order chi connectivity index (χ0) is 23.9. The van der Waals surface area contributed by atoms with Crippen LogP contribution in [0.2, 0.25) is 0 Å². The van der Waals surface area contributed by atoms with Gasteiger partial charge in [-0.15, -0.1) is 0 Å². The van der Waals surface area contributed by atoms with Crippen molar-refractivity contribution in [3.8, 4) is 0 Å². The van der Waals surface area contributed by atoms with Crippen molar-refractivity contribution in [3.63, 3.8) is 0 Å². The largest absolute Gasteiger partial charge is 0.355 e. The zero-order valence-corrected chi connectivity index (χ0v) is 19.7. The van der Waals surface area contributed by atoms with Gasteiger partial charge in [-0.1, -0.05) is 37.3 Å². The lowest BCUT2D eigenvalue weighted by molar-refractivity contribution is -0.139. The molecule has 0 aromatic heterocycles. The number of sulfonamides is 1. The predicted octanol–water partition coefficient (Wildman–Crippen LogP) is 2.71. The molecule has 174 valence electrons. The van der Waals surface area contributed by atoms with Crippen LogP contribution in [0.4, 0.5) is 10.1 Å². The van der Waals surface area contributed by atoms with Gasteiger partial charge in [0, 0.05) is 13.1 Å². The fraction of sp³-hybridized carbons (Fsp3) is 0.391. The SMILES string of the molecule is CCNC(=O)[C@@H](C)N(Cc1ccc(F)cc1)C(=O)CN(c1ccccc1CC)S(C)(=O)=O. The molecule has 0 saturated carbocycles. The molecule has 0 fully saturated rings. The van der Waals surface area contributed by atoms with Crippen molar-refractivity contribution in [1.82, 2.24) is 10.2 Å². The van der Waals surface area contributed by atoms with Crippen LogP contribution in [0.1, 0.15) is 31.9 Å². The van der Waals surface area contributed by atoms with E-state index < -0.39 is 34.3 Å². The van der Waals surface area contributed by atoms with Gasteiger partial charge < -0.3 is 10.2 Å². The molecule has 0 aliphatic heterocycles. The van der Waals surface area contributed by atoms with Crippen molar-refractivity contribution in [1.29, 1.82) is 0 Å². The van der Waals surface area contributed by atoms with E-state index in [1.54, 1.807) is 26.0 Å². The van der Waals surface area contributed by atoms with Gasteiger partial charge in [0.1, 0.15) is 18.4 Å². The molecule has 0 aliphatic carbocycles. The smallest absolute Gasteiger partial charge is 0.244 e. The lowest BCUT2D eigenvalue weighted by Crippen LogP contribution is -2.51. The fourth-order valence-electron chi connectivity index (χ4n) is 3.34. The van der Waals surface area contributed by atoms with Crippen LogP contribution in [0.25, 0.3) is 0 Å². The number of halogens is 1. The Hall–Kier alpha value is -2.94. The number of aryl methyl sites for hydroxylation is 1. The van der Waals surface area contributed by atoms with E-state index in [1.807, 2.05) is 19.1 Å². The number of carbonyl (C=O) groups excluding carboxylic acids is 2. The van der Waals surface area contributed by atoms with Crippen molar-refractivity contribution in [2.24, 2.45) is 0 Å². The van der Waals surface area contributed by atoms with Crippen LogP contribution in [0.15, 0.2) is 48.5 Å². The highest BCUT2D eigenvalue weighted by Crippen LogP contribution is 2.24. The molecule has 0 spiro atoms. The second-order valence-electron chi connectivity index (χ2n) is 7.47. The van der Waals surface area contributed by atoms with Crippen LogP contribution in [-0.2, 0) is 32.6 Å². The van der Waals surface area contributed by atoms with E-state index in [9.17, 15) is 22.4 Å². The lowest BCUT2D eigenvalue weighted by atomic mass is 10.1. The monoisotopic (exact) mass is 463 g/mol. The Morgan fingerprint density at radius 2 is 1.69 bits per heavy atom. The van der Waals surface area contributed by atoms with E-state index in [0.717, 1.165) is 16.1 Å². The van der Waals surface area contributed by atoms with Gasteiger partial charge in [-0.3, -0.25) is 13.9 Å². The highest BCUT2D eigenvalue weighted by atomic mass is 32.2. The summed E-state index contributed by atoms with van der Waals surface area (Å²) < 4.78 is 39.6. The molecule has 32 heavy (non-hydrogen) atoms. The average molecular weight is 464 g/mol. The molecule has 7 nitrogen and oxygen atoms in total. The molecular formula is C23H30FN3O4S. The van der Waals surface area contributed by atoms with Gasteiger partial charge in [-0.05, 0) is 49.6 Å². The van der Waals surface area contributed by atoms with Crippen molar-refractivity contribution in [2.75, 3.05) is 23.7 Å². The number of para-hydroxylation sites is 1. The molecule has 0 bridgehead atoms. The Balaban J connectivity index is 2.41. The third kappa shape index (κ3) is 6.53. The number of amides is 2. The van der Waals surface area contributed by atoms with Crippen LogP contribution < -0.4 is 9.62 Å². The normalized spacial score (nSPS) is 12.2. The number of rotatable bonds is 10. The van der Waals surface area contributed by atoms with Crippen LogP contribution >= 0.6 is 0 Å². The van der Waals surface area contributed by atoms with Crippen LogP contribution in [0, 0.1) is 5.82 Å². The summed E-state index contributed by atoms with van der Waals surface area (Å²) in [6.45, 7) is 5.21. The molecule has 1 atom stereocenters. The van der Waals surface area contributed by atoms with Gasteiger partial charge in [-0.2, -0.15) is 0 Å². The first-order chi connectivity index (χ1) is 15.1. The zero-order valence-electron chi connectivity index (χ0n) is 18.8. The number of anilines is 1. The number of nitrogens with zero attached hydrogens (tertiary/aromatic N) is 2. The van der Waals surface area contributed by atoms with Gasteiger partial charge >= 0.3 is 0 Å². The quantitative estimate of drug-likeness (QED) is 0.587. The molecule has 0 aliphatic rings. The van der Waals surface area contributed by atoms with E-state index in [2.05, 4.69) is 5.32 Å². The lowest BCUT2D eigenvalue weighted by Gasteiger charge is -2.32. The Morgan fingerprint density at radius 3 is 2.25 bits per heavy atom. The average Bonchev–Trinajstić information content (AvgIpc) is 2.75. The minimum Gasteiger partial charge on any atom is -0.355 e. The van der Waals surface area contributed by atoms with E-state index in [0.29, 0.717) is 24.2 Å². The second kappa shape index (κ2) is 11.1. The number of likely N-dealkylation sites (N-methyl/N-ethyl adjacent to an activating group) is 1. The molecule has 0 radical (unpaired) electrons. The van der Waals surface area contributed by atoms with Crippen molar-refractivity contribution in [3.05, 3.63) is 65.5 Å². The number of hydrogen-bond donors (Lipinski definition) is 1. The first kappa shape index (κ1) is 25.3. The maximum absolute atomic E-state index is 13.4. The summed E-state index contributed by atoms with van der Waals surface area (Å²) in [7, 11) is -3.78. The summed E-state index contributed by atoms with van der Waals surface area (Å²) in [4.78, 5) is 27.2. The first-order valence-corrected chi connectivity index (χ1v) is 12.3. The molecule has 2 amide bonds. The number of hydrogen-bond acceptors (Lipinski definition) is 4. The molecule has 0 saturated heterocycles. The molecule has 9 heteroatoms. The summed E-state index contributed by atoms with van der Waals surface area (Å²) >= 11 is 0. The fourth-order valence-corrected chi connectivity index (χ4v) is 4.22. The number of carbonyl (C=O) groups is 2. The predicted molar refractivity (Wildman–Crippen MR) is 123 cm³/mol. The summed E-state index contributed by atoms with van der Waals surface area (Å²) in [5.41, 5.74) is 1.83. The molecule has 2 aromatic rings. The van der Waals surface area contributed by atoms with Crippen molar-refractivity contribution < 1.29 is 22.4 Å². The Labute approximate surface area is 189 Å². The first-order valence-electron chi connectivity index (χ1n) is 10.5. The van der Waals surface area contributed by atoms with Crippen molar-refractivity contribution >= 4 is 27.5 Å². The summed E-state index contributed by atoms with van der Waals surface area (Å²) in [6, 6.07) is 11.7. The highest BCUT2D eigenvalue weighted by molar-refractivity contribution is 7.92. The Bertz CT molecular complexity index is 1040. The third-order valence-electron chi connectivity index (χ3n) is 5.10. The van der Waals surface area contributed by atoms with Gasteiger partial charge in [0.15, 0.2) is 0 Å². The number of nitrogens with one attached hydrogen (secondary N) is 1.